The van der Waals surface area contributed by atoms with Crippen LogP contribution in [0.2, 0.25) is 0 Å². The van der Waals surface area contributed by atoms with Gasteiger partial charge in [0.05, 0.1) is 34.0 Å². The SMILES string of the molecule is c1ccc(-n2c3ccccc3c3ccc(-c4cccc(-c5ccc(-c6cccc(-c7ccc(-c8cnc9c%10ccccc%10c%10ccccc%10c9n8)cc7)c6)cc5)c4)cc32)cc1. The zero-order valence-corrected chi connectivity index (χ0v) is 33.2. The van der Waals surface area contributed by atoms with Crippen molar-refractivity contribution in [3.05, 3.63) is 225 Å². The van der Waals surface area contributed by atoms with Crippen molar-refractivity contribution in [1.82, 2.24) is 14.5 Å². The molecule has 12 rings (SSSR count). The molecule has 0 aliphatic carbocycles. The summed E-state index contributed by atoms with van der Waals surface area (Å²) in [5.74, 6) is 0. The number of nitrogens with zero attached hydrogens (tertiary/aromatic N) is 3. The number of fused-ring (bicyclic) bond motifs is 9. The predicted octanol–water partition coefficient (Wildman–Crippen LogP) is 15.4. The van der Waals surface area contributed by atoms with E-state index in [0.717, 1.165) is 38.6 Å². The molecule has 0 radical (unpaired) electrons. The molecule has 3 heteroatoms. The van der Waals surface area contributed by atoms with Crippen molar-refractivity contribution >= 4 is 54.4 Å². The van der Waals surface area contributed by atoms with Crippen molar-refractivity contribution in [1.29, 1.82) is 0 Å². The third-order valence-corrected chi connectivity index (χ3v) is 12.2. The standard InChI is InChI=1S/C58H37N3/c1-2-16-47(17-3-1)61-55-23-9-8-20-50(55)51-33-32-46(36-56(51)61)45-15-11-14-44(35-45)39-26-24-38(25-27-39)42-12-10-13-43(34-42)40-28-30-41(31-29-40)54-37-59-57-52-21-6-4-18-48(52)49-19-5-7-22-53(49)58(57)60-54/h1-37H. The van der Waals surface area contributed by atoms with Gasteiger partial charge in [-0.15, -0.1) is 0 Å². The highest BCUT2D eigenvalue weighted by atomic mass is 15.0. The minimum absolute atomic E-state index is 0.867. The van der Waals surface area contributed by atoms with Gasteiger partial charge >= 0.3 is 0 Å². The summed E-state index contributed by atoms with van der Waals surface area (Å²) in [5.41, 5.74) is 16.8. The Morgan fingerprint density at radius 1 is 0.279 bits per heavy atom. The fourth-order valence-corrected chi connectivity index (χ4v) is 9.21. The molecule has 0 spiro atoms. The van der Waals surface area contributed by atoms with E-state index >= 15 is 0 Å². The number of para-hydroxylation sites is 2. The van der Waals surface area contributed by atoms with Crippen molar-refractivity contribution in [2.75, 3.05) is 0 Å². The Morgan fingerprint density at radius 3 is 1.33 bits per heavy atom. The Hall–Kier alpha value is -8.14. The van der Waals surface area contributed by atoms with Crippen LogP contribution in [0.1, 0.15) is 0 Å². The quantitative estimate of drug-likeness (QED) is 0.158. The lowest BCUT2D eigenvalue weighted by Crippen LogP contribution is -1.93. The van der Waals surface area contributed by atoms with E-state index in [0.29, 0.717) is 0 Å². The van der Waals surface area contributed by atoms with E-state index in [-0.39, 0.29) is 0 Å². The number of hydrogen-bond acceptors (Lipinski definition) is 2. The molecular formula is C58H37N3. The molecule has 0 fully saturated rings. The molecule has 0 saturated carbocycles. The van der Waals surface area contributed by atoms with Crippen molar-refractivity contribution in [3.63, 3.8) is 0 Å². The van der Waals surface area contributed by atoms with Crippen molar-refractivity contribution in [2.24, 2.45) is 0 Å². The van der Waals surface area contributed by atoms with E-state index in [1.54, 1.807) is 0 Å². The van der Waals surface area contributed by atoms with E-state index in [2.05, 4.69) is 223 Å². The highest BCUT2D eigenvalue weighted by Gasteiger charge is 2.15. The molecule has 0 unspecified atom stereocenters. The Labute approximate surface area is 353 Å². The molecule has 0 bridgehead atoms. The molecule has 0 aliphatic rings. The first kappa shape index (κ1) is 34.9. The van der Waals surface area contributed by atoms with E-state index in [1.807, 2.05) is 6.20 Å². The summed E-state index contributed by atoms with van der Waals surface area (Å²) in [7, 11) is 0. The Kier molecular flexibility index (Phi) is 8.17. The molecule has 10 aromatic carbocycles. The van der Waals surface area contributed by atoms with Gasteiger partial charge in [-0.25, -0.2) is 4.98 Å². The van der Waals surface area contributed by atoms with Crippen LogP contribution in [-0.4, -0.2) is 14.5 Å². The summed E-state index contributed by atoms with van der Waals surface area (Å²) in [5, 5.41) is 7.18. The topological polar surface area (TPSA) is 30.7 Å². The summed E-state index contributed by atoms with van der Waals surface area (Å²) in [6.45, 7) is 0. The summed E-state index contributed by atoms with van der Waals surface area (Å²) in [6, 6.07) is 78.5. The third-order valence-electron chi connectivity index (χ3n) is 12.2. The largest absolute Gasteiger partial charge is 0.309 e. The minimum Gasteiger partial charge on any atom is -0.309 e. The van der Waals surface area contributed by atoms with Gasteiger partial charge in [-0.05, 0) is 91.7 Å². The van der Waals surface area contributed by atoms with Gasteiger partial charge in [0.1, 0.15) is 0 Å². The number of hydrogen-bond donors (Lipinski definition) is 0. The van der Waals surface area contributed by atoms with E-state index in [9.17, 15) is 0 Å². The first-order chi connectivity index (χ1) is 30.2. The first-order valence-electron chi connectivity index (χ1n) is 20.8. The van der Waals surface area contributed by atoms with Crippen LogP contribution in [0.15, 0.2) is 225 Å². The second-order valence-corrected chi connectivity index (χ2v) is 15.8. The number of benzene rings is 10. The van der Waals surface area contributed by atoms with Crippen LogP contribution in [0, 0.1) is 0 Å². The molecule has 0 saturated heterocycles. The maximum Gasteiger partial charge on any atom is 0.0979 e. The molecule has 3 nitrogen and oxygen atoms in total. The molecule has 0 amide bonds. The fourth-order valence-electron chi connectivity index (χ4n) is 9.21. The van der Waals surface area contributed by atoms with Crippen LogP contribution in [0.5, 0.6) is 0 Å². The van der Waals surface area contributed by atoms with E-state index in [1.165, 1.54) is 77.2 Å². The fraction of sp³-hybridized carbons (Fsp3) is 0. The summed E-state index contributed by atoms with van der Waals surface area (Å²) >= 11 is 0. The number of aromatic nitrogens is 3. The molecule has 0 N–H and O–H groups in total. The Morgan fingerprint density at radius 2 is 0.721 bits per heavy atom. The third kappa shape index (κ3) is 5.98. The van der Waals surface area contributed by atoms with Crippen LogP contribution in [0.25, 0.3) is 116 Å². The molecule has 0 aliphatic heterocycles. The lowest BCUT2D eigenvalue weighted by Gasteiger charge is -2.11. The predicted molar refractivity (Wildman–Crippen MR) is 256 cm³/mol. The average molecular weight is 776 g/mol. The van der Waals surface area contributed by atoms with Crippen LogP contribution in [0.4, 0.5) is 0 Å². The summed E-state index contributed by atoms with van der Waals surface area (Å²) < 4.78 is 2.38. The smallest absolute Gasteiger partial charge is 0.0979 e. The van der Waals surface area contributed by atoms with Crippen LogP contribution >= 0.6 is 0 Å². The van der Waals surface area contributed by atoms with Crippen LogP contribution in [0.3, 0.4) is 0 Å². The monoisotopic (exact) mass is 775 g/mol. The number of rotatable bonds is 6. The average Bonchev–Trinajstić information content (AvgIpc) is 3.68. The van der Waals surface area contributed by atoms with Gasteiger partial charge < -0.3 is 4.57 Å². The molecule has 2 aromatic heterocycles. The van der Waals surface area contributed by atoms with Gasteiger partial charge in [0.15, 0.2) is 0 Å². The lowest BCUT2D eigenvalue weighted by molar-refractivity contribution is 1.18. The van der Waals surface area contributed by atoms with Gasteiger partial charge in [0.2, 0.25) is 0 Å². The van der Waals surface area contributed by atoms with E-state index < -0.39 is 0 Å². The van der Waals surface area contributed by atoms with Crippen LogP contribution < -0.4 is 0 Å². The highest BCUT2D eigenvalue weighted by molar-refractivity contribution is 6.23. The normalized spacial score (nSPS) is 11.6. The zero-order chi connectivity index (χ0) is 40.3. The molecular weight excluding hydrogens is 739 g/mol. The Bertz CT molecular complexity index is 3590. The van der Waals surface area contributed by atoms with Crippen molar-refractivity contribution in [3.8, 4) is 61.5 Å². The maximum atomic E-state index is 5.20. The van der Waals surface area contributed by atoms with E-state index in [4.69, 9.17) is 9.97 Å². The van der Waals surface area contributed by atoms with Crippen molar-refractivity contribution < 1.29 is 0 Å². The van der Waals surface area contributed by atoms with Gasteiger partial charge in [-0.2, -0.15) is 0 Å². The highest BCUT2D eigenvalue weighted by Crippen LogP contribution is 2.38. The molecule has 61 heavy (non-hydrogen) atoms. The molecule has 2 heterocycles. The molecule has 12 aromatic rings. The maximum absolute atomic E-state index is 5.20. The Balaban J connectivity index is 0.821. The van der Waals surface area contributed by atoms with Crippen LogP contribution in [-0.2, 0) is 0 Å². The van der Waals surface area contributed by atoms with Gasteiger partial charge in [-0.3, -0.25) is 4.98 Å². The van der Waals surface area contributed by atoms with Crippen molar-refractivity contribution in [2.45, 2.75) is 0 Å². The first-order valence-corrected chi connectivity index (χ1v) is 20.8. The van der Waals surface area contributed by atoms with Gasteiger partial charge in [0.25, 0.3) is 0 Å². The lowest BCUT2D eigenvalue weighted by atomic mass is 9.95. The summed E-state index contributed by atoms with van der Waals surface area (Å²) in [4.78, 5) is 10.2. The van der Waals surface area contributed by atoms with Gasteiger partial charge in [0, 0.05) is 32.8 Å². The zero-order valence-electron chi connectivity index (χ0n) is 33.2. The second-order valence-electron chi connectivity index (χ2n) is 15.8. The van der Waals surface area contributed by atoms with Gasteiger partial charge in [-0.1, -0.05) is 182 Å². The summed E-state index contributed by atoms with van der Waals surface area (Å²) in [6.07, 6.45) is 1.91. The molecule has 0 atom stereocenters. The minimum atomic E-state index is 0.867. The second kappa shape index (κ2) is 14.3. The molecule has 284 valence electrons.